The van der Waals surface area contributed by atoms with Crippen LogP contribution in [0.25, 0.3) is 0 Å². The second kappa shape index (κ2) is 12.4. The third-order valence-electron chi connectivity index (χ3n) is 8.16. The zero-order valence-corrected chi connectivity index (χ0v) is 24.2. The van der Waals surface area contributed by atoms with Crippen LogP contribution < -0.4 is 0 Å². The van der Waals surface area contributed by atoms with Gasteiger partial charge in [-0.05, 0) is 49.3 Å². The molecule has 1 saturated heterocycles. The van der Waals surface area contributed by atoms with Crippen molar-refractivity contribution in [3.63, 3.8) is 0 Å². The van der Waals surface area contributed by atoms with Crippen molar-refractivity contribution in [3.8, 4) is 0 Å². The second-order valence-corrected chi connectivity index (χ2v) is 11.7. The Morgan fingerprint density at radius 1 is 1.19 bits per heavy atom. The molecule has 6 rings (SSSR count). The maximum absolute atomic E-state index is 13.3. The highest BCUT2D eigenvalue weighted by Crippen LogP contribution is 2.37. The lowest BCUT2D eigenvalue weighted by Crippen LogP contribution is -2.40. The summed E-state index contributed by atoms with van der Waals surface area (Å²) in [4.78, 5) is 30.2. The van der Waals surface area contributed by atoms with Crippen LogP contribution in [0.5, 0.6) is 0 Å². The zero-order chi connectivity index (χ0) is 30.1. The maximum atomic E-state index is 13.3. The van der Waals surface area contributed by atoms with Gasteiger partial charge in [0.05, 0.1) is 16.4 Å². The van der Waals surface area contributed by atoms with Crippen LogP contribution in [0.4, 0.5) is 17.6 Å². The van der Waals surface area contributed by atoms with Crippen molar-refractivity contribution in [1.29, 1.82) is 0 Å². The highest BCUT2D eigenvalue weighted by atomic mass is 32.1. The topological polar surface area (TPSA) is 94.2 Å². The van der Waals surface area contributed by atoms with Gasteiger partial charge in [-0.15, -0.1) is 11.3 Å². The number of oxime groups is 2. The molecule has 14 heteroatoms. The first-order valence-corrected chi connectivity index (χ1v) is 15.0. The Morgan fingerprint density at radius 3 is 2.74 bits per heavy atom. The van der Waals surface area contributed by atoms with Crippen molar-refractivity contribution in [2.24, 2.45) is 10.3 Å². The Kier molecular flexibility index (Phi) is 8.46. The average molecular weight is 619 g/mol. The van der Waals surface area contributed by atoms with E-state index in [-0.39, 0.29) is 12.0 Å². The van der Waals surface area contributed by atoms with Crippen molar-refractivity contribution >= 4 is 28.7 Å². The minimum Gasteiger partial charge on any atom is -0.399 e. The summed E-state index contributed by atoms with van der Waals surface area (Å²) in [5.74, 6) is -0.302. The predicted octanol–water partition coefficient (Wildman–Crippen LogP) is 6.17. The van der Waals surface area contributed by atoms with Gasteiger partial charge >= 0.3 is 0 Å². The summed E-state index contributed by atoms with van der Waals surface area (Å²) in [6.45, 7) is 0.306. The smallest absolute Gasteiger partial charge is 0.282 e. The van der Waals surface area contributed by atoms with Gasteiger partial charge in [0.15, 0.2) is 6.10 Å². The van der Waals surface area contributed by atoms with Crippen LogP contribution in [-0.4, -0.2) is 57.2 Å². The number of amides is 1. The lowest BCUT2D eigenvalue weighted by atomic mass is 9.84. The molecule has 1 unspecified atom stereocenters. The number of thiazole rings is 1. The van der Waals surface area contributed by atoms with E-state index in [0.29, 0.717) is 43.1 Å². The summed E-state index contributed by atoms with van der Waals surface area (Å²) in [6.07, 6.45) is -1.50. The quantitative estimate of drug-likeness (QED) is 0.222. The maximum Gasteiger partial charge on any atom is 0.282 e. The molecule has 0 bridgehead atoms. The monoisotopic (exact) mass is 618 g/mol. The molecule has 1 atom stereocenters. The predicted molar refractivity (Wildman–Crippen MR) is 151 cm³/mol. The Labute approximate surface area is 249 Å². The van der Waals surface area contributed by atoms with Crippen LogP contribution in [0, 0.1) is 0 Å². The Bertz CT molecular complexity index is 1550. The zero-order valence-electron chi connectivity index (χ0n) is 23.4. The first-order chi connectivity index (χ1) is 20.8. The first-order valence-electron chi connectivity index (χ1n) is 14.1. The van der Waals surface area contributed by atoms with Crippen molar-refractivity contribution in [2.45, 2.75) is 69.9 Å². The van der Waals surface area contributed by atoms with Crippen LogP contribution in [0.1, 0.15) is 95.8 Å². The molecule has 2 aliphatic heterocycles. The molecule has 1 fully saturated rings. The van der Waals surface area contributed by atoms with Gasteiger partial charge in [-0.25, -0.2) is 22.5 Å². The van der Waals surface area contributed by atoms with Gasteiger partial charge in [0, 0.05) is 36.4 Å². The van der Waals surface area contributed by atoms with E-state index in [4.69, 9.17) is 14.7 Å². The number of carbonyl (C=O) groups excluding carboxylic acids is 1. The van der Waals surface area contributed by atoms with Crippen molar-refractivity contribution < 1.29 is 32.0 Å². The number of nitrogens with zero attached hydrogens (tertiary/aromatic N) is 6. The van der Waals surface area contributed by atoms with Crippen molar-refractivity contribution in [1.82, 2.24) is 19.7 Å². The molecule has 9 nitrogen and oxygen atoms in total. The summed E-state index contributed by atoms with van der Waals surface area (Å²) in [5, 5.41) is 15.0. The number of likely N-dealkylation sites (tertiary alicyclic amines) is 1. The number of hydrogen-bond donors (Lipinski definition) is 0. The minimum absolute atomic E-state index is 0.132. The lowest BCUT2D eigenvalue weighted by Gasteiger charge is -2.31. The SMILES string of the molecule is CO/N=C1\CCCc2c1cccc2C1CC(c2csc(C3CCN(C(=O)Cn4nc(C(F)F)cc4C(F)F)CC3)n2)=NO1. The van der Waals surface area contributed by atoms with Crippen molar-refractivity contribution in [3.05, 3.63) is 68.4 Å². The average Bonchev–Trinajstić information content (AvgIpc) is 3.77. The fourth-order valence-electron chi connectivity index (χ4n) is 6.00. The molecule has 1 amide bonds. The van der Waals surface area contributed by atoms with Gasteiger partial charge in [0.1, 0.15) is 30.8 Å². The second-order valence-electron chi connectivity index (χ2n) is 10.8. The Balaban J connectivity index is 1.06. The molecule has 4 heterocycles. The molecule has 3 aromatic rings. The molecule has 1 aliphatic carbocycles. The fraction of sp³-hybridized carbons (Fsp3) is 0.483. The largest absolute Gasteiger partial charge is 0.399 e. The van der Waals surface area contributed by atoms with Gasteiger partial charge in [-0.3, -0.25) is 9.48 Å². The number of benzene rings is 1. The van der Waals surface area contributed by atoms with E-state index >= 15 is 0 Å². The normalized spacial score (nSPS) is 20.1. The third-order valence-corrected chi connectivity index (χ3v) is 9.16. The van der Waals surface area contributed by atoms with E-state index in [1.165, 1.54) is 5.56 Å². The van der Waals surface area contributed by atoms with Crippen molar-refractivity contribution in [2.75, 3.05) is 20.2 Å². The van der Waals surface area contributed by atoms with E-state index < -0.39 is 36.7 Å². The van der Waals surface area contributed by atoms with Gasteiger partial charge < -0.3 is 14.6 Å². The number of alkyl halides is 4. The summed E-state index contributed by atoms with van der Waals surface area (Å²) in [5.41, 5.74) is 4.48. The highest BCUT2D eigenvalue weighted by molar-refractivity contribution is 7.10. The van der Waals surface area contributed by atoms with Crippen LogP contribution in [0.3, 0.4) is 0 Å². The molecule has 0 N–H and O–H groups in total. The van der Waals surface area contributed by atoms with Gasteiger partial charge in [-0.2, -0.15) is 5.10 Å². The van der Waals surface area contributed by atoms with Crippen LogP contribution in [-0.2, 0) is 27.4 Å². The van der Waals surface area contributed by atoms with E-state index in [1.54, 1.807) is 23.3 Å². The molecule has 1 aromatic carbocycles. The molecule has 0 saturated carbocycles. The molecule has 0 radical (unpaired) electrons. The molecule has 3 aliphatic rings. The van der Waals surface area contributed by atoms with Crippen LogP contribution >= 0.6 is 11.3 Å². The first kappa shape index (κ1) is 29.3. The summed E-state index contributed by atoms with van der Waals surface area (Å²) < 4.78 is 53.2. The van der Waals surface area contributed by atoms with Crippen LogP contribution in [0.2, 0.25) is 0 Å². The molecular weight excluding hydrogens is 588 g/mol. The number of aromatic nitrogens is 3. The van der Waals surface area contributed by atoms with E-state index in [0.717, 1.165) is 52.5 Å². The Hall–Kier alpha value is -3.81. The molecule has 228 valence electrons. The third kappa shape index (κ3) is 6.01. The molecule has 0 spiro atoms. The summed E-state index contributed by atoms with van der Waals surface area (Å²) >= 11 is 1.54. The number of rotatable bonds is 8. The molecule has 43 heavy (non-hydrogen) atoms. The number of piperidine rings is 1. The number of fused-ring (bicyclic) bond motifs is 1. The number of carbonyl (C=O) groups is 1. The number of halogens is 4. The highest BCUT2D eigenvalue weighted by Gasteiger charge is 2.32. The van der Waals surface area contributed by atoms with Crippen LogP contribution in [0.15, 0.2) is 40.0 Å². The van der Waals surface area contributed by atoms with E-state index in [2.05, 4.69) is 27.5 Å². The Morgan fingerprint density at radius 2 is 2.00 bits per heavy atom. The number of hydrogen-bond acceptors (Lipinski definition) is 8. The van der Waals surface area contributed by atoms with E-state index in [1.807, 2.05) is 11.4 Å². The van der Waals surface area contributed by atoms with Gasteiger partial charge in [0.2, 0.25) is 5.91 Å². The molecule has 2 aromatic heterocycles. The summed E-state index contributed by atoms with van der Waals surface area (Å²) in [6, 6.07) is 6.81. The van der Waals surface area contributed by atoms with Gasteiger partial charge in [-0.1, -0.05) is 28.5 Å². The lowest BCUT2D eigenvalue weighted by molar-refractivity contribution is -0.133. The molecular formula is C29H30F4N6O3S. The summed E-state index contributed by atoms with van der Waals surface area (Å²) in [7, 11) is 1.56. The fourth-order valence-corrected chi connectivity index (χ4v) is 7.00. The minimum atomic E-state index is -3.01. The standard InChI is InChI=1S/C29H30F4N6O3S/c1-41-36-20-7-3-4-17-18(20)5-2-6-19(17)25-13-21(37-42-25)23-15-43-29(34-23)16-8-10-38(11-9-16)26(40)14-39-24(28(32)33)12-22(35-39)27(30)31/h2,5-6,12,15-16,25,27-28H,3-4,7-11,13-14H2,1H3/b36-20+. The van der Waals surface area contributed by atoms with Gasteiger partial charge in [0.25, 0.3) is 12.9 Å². The van der Waals surface area contributed by atoms with E-state index in [9.17, 15) is 22.4 Å².